The number of ether oxygens (including phenoxy) is 2. The lowest BCUT2D eigenvalue weighted by molar-refractivity contribution is -0.129. The number of likely N-dealkylation sites (N-methyl/N-ethyl adjacent to an activating group) is 1. The number of phenols is 1. The molecular formula is C44H50F2N6O4. The maximum Gasteiger partial charge on any atom is 0.318 e. The van der Waals surface area contributed by atoms with Crippen LogP contribution in [0.2, 0.25) is 0 Å². The fraction of sp³-hybridized carbons (Fsp3) is 0.500. The number of nitriles is 1. The smallest absolute Gasteiger partial charge is 0.318 e. The molecule has 56 heavy (non-hydrogen) atoms. The van der Waals surface area contributed by atoms with E-state index in [2.05, 4.69) is 28.8 Å². The van der Waals surface area contributed by atoms with Crippen molar-refractivity contribution < 1.29 is 28.2 Å². The molecule has 3 heterocycles. The Hall–Kier alpha value is -5.04. The van der Waals surface area contributed by atoms with E-state index in [0.717, 1.165) is 49.7 Å². The molecule has 1 amide bonds. The number of benzene rings is 2. The van der Waals surface area contributed by atoms with Crippen molar-refractivity contribution in [1.29, 1.82) is 5.26 Å². The number of fused-ring (bicyclic) bond motifs is 2. The molecule has 0 unspecified atom stereocenters. The summed E-state index contributed by atoms with van der Waals surface area (Å²) in [5, 5.41) is 26.0. The van der Waals surface area contributed by atoms with Crippen molar-refractivity contribution in [2.24, 2.45) is 5.41 Å². The first-order valence-corrected chi connectivity index (χ1v) is 19.6. The molecule has 2 atom stereocenters. The van der Waals surface area contributed by atoms with Gasteiger partial charge in [-0.2, -0.15) is 15.2 Å². The van der Waals surface area contributed by atoms with Crippen LogP contribution >= 0.6 is 0 Å². The van der Waals surface area contributed by atoms with E-state index in [9.17, 15) is 15.2 Å². The Morgan fingerprint density at radius 2 is 2.00 bits per heavy atom. The van der Waals surface area contributed by atoms with Crippen LogP contribution in [0.15, 0.2) is 36.9 Å². The van der Waals surface area contributed by atoms with Crippen LogP contribution in [0.1, 0.15) is 87.6 Å². The minimum absolute atomic E-state index is 0.0186. The van der Waals surface area contributed by atoms with Gasteiger partial charge < -0.3 is 24.8 Å². The summed E-state index contributed by atoms with van der Waals surface area (Å²) in [5.74, 6) is 2.39. The van der Waals surface area contributed by atoms with E-state index in [0.29, 0.717) is 60.4 Å². The molecule has 0 spiro atoms. The van der Waals surface area contributed by atoms with E-state index in [1.807, 2.05) is 27.0 Å². The van der Waals surface area contributed by atoms with Crippen LogP contribution in [0.3, 0.4) is 0 Å². The Kier molecular flexibility index (Phi) is 10.8. The van der Waals surface area contributed by atoms with Gasteiger partial charge in [-0.05, 0) is 99.2 Å². The fourth-order valence-corrected chi connectivity index (χ4v) is 9.52. The van der Waals surface area contributed by atoms with Crippen LogP contribution in [-0.2, 0) is 16.0 Å². The highest BCUT2D eigenvalue weighted by Gasteiger charge is 2.58. The predicted octanol–water partition coefficient (Wildman–Crippen LogP) is 7.20. The van der Waals surface area contributed by atoms with E-state index in [1.165, 1.54) is 12.1 Å². The number of amides is 1. The normalized spacial score (nSPS) is 22.5. The third kappa shape index (κ3) is 6.99. The van der Waals surface area contributed by atoms with Crippen LogP contribution in [0.25, 0.3) is 22.4 Å². The van der Waals surface area contributed by atoms with E-state index in [1.54, 1.807) is 23.1 Å². The Morgan fingerprint density at radius 3 is 2.70 bits per heavy atom. The molecule has 7 rings (SSSR count). The fourth-order valence-electron chi connectivity index (χ4n) is 9.52. The average molecular weight is 765 g/mol. The molecule has 1 saturated carbocycles. The number of anilines is 1. The first-order chi connectivity index (χ1) is 26.8. The first-order valence-electron chi connectivity index (χ1n) is 19.6. The highest BCUT2D eigenvalue weighted by atomic mass is 19.1. The summed E-state index contributed by atoms with van der Waals surface area (Å²) >= 11 is 0. The Bertz CT molecular complexity index is 2150. The number of carbonyl (C=O) groups is 1. The maximum absolute atomic E-state index is 15.6. The second-order valence-corrected chi connectivity index (χ2v) is 16.3. The zero-order valence-corrected chi connectivity index (χ0v) is 32.5. The van der Waals surface area contributed by atoms with Crippen LogP contribution < -0.4 is 10.1 Å². The number of likely N-dealkylation sites (tertiary alicyclic amines) is 1. The third-order valence-corrected chi connectivity index (χ3v) is 12.9. The lowest BCUT2D eigenvalue weighted by atomic mass is 9.71. The molecule has 2 N–H and O–H groups in total. The summed E-state index contributed by atoms with van der Waals surface area (Å²) in [6.07, 6.45) is 14.1. The number of terminal acetylenes is 1. The number of aromatic hydroxyl groups is 1. The summed E-state index contributed by atoms with van der Waals surface area (Å²) in [4.78, 5) is 26.6. The Labute approximate surface area is 327 Å². The van der Waals surface area contributed by atoms with Crippen molar-refractivity contribution in [1.82, 2.24) is 19.8 Å². The van der Waals surface area contributed by atoms with Gasteiger partial charge in [-0.1, -0.05) is 31.4 Å². The summed E-state index contributed by atoms with van der Waals surface area (Å²) in [5.41, 5.74) is 0.478. The molecule has 1 aromatic heterocycles. The van der Waals surface area contributed by atoms with E-state index < -0.39 is 28.5 Å². The zero-order chi connectivity index (χ0) is 39.8. The van der Waals surface area contributed by atoms with E-state index >= 15 is 8.78 Å². The number of hydrogen-bond donors (Lipinski definition) is 2. The van der Waals surface area contributed by atoms with E-state index in [-0.39, 0.29) is 48.8 Å². The summed E-state index contributed by atoms with van der Waals surface area (Å²) in [7, 11) is 1.81. The molecule has 2 saturated heterocycles. The topological polar surface area (TPSA) is 124 Å². The number of phenolic OH excluding ortho intramolecular Hbond substituents is 1. The largest absolute Gasteiger partial charge is 0.508 e. The van der Waals surface area contributed by atoms with Crippen molar-refractivity contribution in [2.75, 3.05) is 45.3 Å². The number of carbonyl (C=O) groups excluding carboxylic acids is 1. The number of rotatable bonds is 11. The number of hydrogen-bond acceptors (Lipinski definition) is 9. The van der Waals surface area contributed by atoms with Crippen LogP contribution in [-0.4, -0.2) is 94.0 Å². The molecule has 2 aliphatic carbocycles. The molecule has 3 fully saturated rings. The van der Waals surface area contributed by atoms with Crippen LogP contribution in [0.4, 0.5) is 14.6 Å². The van der Waals surface area contributed by atoms with Crippen molar-refractivity contribution in [3.63, 3.8) is 0 Å². The van der Waals surface area contributed by atoms with Crippen molar-refractivity contribution >= 4 is 34.1 Å². The SMILES string of the molecule is C#Cc1c(F)ccc2cc(O)cc(C3=Cc4nc(OC[C@]5(C(C)(C)C#N)C[C@@H](F)CN5C5CCOCC5)nc(NCC5(N(C)C(=O)C=C)CCCC5)c4CC3)c12. The molecule has 12 heteroatoms. The van der Waals surface area contributed by atoms with Gasteiger partial charge in [-0.3, -0.25) is 9.69 Å². The standard InChI is InChI=1S/C44H50F2N6O4/c1-6-33-36(46)13-11-29-20-32(53)22-35(39(29)33)28-10-12-34-37(21-28)49-41(50-40(34)48-26-43(16-8-9-17-43)51(5)38(54)7-2)56-27-44(42(3,4)25-47)23-30(45)24-52(44)31-14-18-55-19-15-31/h1,7,11,13,20-22,30-31,53H,2,8-10,12,14-19,23-24,26-27H2,3-5H3,(H,48,49,50)/t30-,44+/m1/s1. The summed E-state index contributed by atoms with van der Waals surface area (Å²) < 4.78 is 42.8. The van der Waals surface area contributed by atoms with E-state index in [4.69, 9.17) is 25.9 Å². The highest BCUT2D eigenvalue weighted by molar-refractivity contribution is 6.02. The maximum atomic E-state index is 15.6. The van der Waals surface area contributed by atoms with Gasteiger partial charge in [0.05, 0.1) is 33.8 Å². The van der Waals surface area contributed by atoms with Gasteiger partial charge in [-0.15, -0.1) is 6.42 Å². The summed E-state index contributed by atoms with van der Waals surface area (Å²) in [6.45, 7) is 9.12. The number of aromatic nitrogens is 2. The molecule has 4 aliphatic rings. The monoisotopic (exact) mass is 764 g/mol. The Balaban J connectivity index is 1.31. The quantitative estimate of drug-likeness (QED) is 0.154. The minimum Gasteiger partial charge on any atom is -0.508 e. The predicted molar refractivity (Wildman–Crippen MR) is 212 cm³/mol. The van der Waals surface area contributed by atoms with Gasteiger partial charge in [0.1, 0.15) is 30.2 Å². The molecular weight excluding hydrogens is 715 g/mol. The van der Waals surface area contributed by atoms with Gasteiger partial charge in [0.2, 0.25) is 5.91 Å². The van der Waals surface area contributed by atoms with Gasteiger partial charge in [0, 0.05) is 56.8 Å². The molecule has 0 radical (unpaired) electrons. The van der Waals surface area contributed by atoms with Gasteiger partial charge >= 0.3 is 6.01 Å². The zero-order valence-electron chi connectivity index (χ0n) is 32.5. The lowest BCUT2D eigenvalue weighted by Gasteiger charge is -2.49. The average Bonchev–Trinajstić information content (AvgIpc) is 3.84. The lowest BCUT2D eigenvalue weighted by Crippen LogP contribution is -2.61. The second-order valence-electron chi connectivity index (χ2n) is 16.3. The summed E-state index contributed by atoms with van der Waals surface area (Å²) in [6, 6.07) is 8.61. The van der Waals surface area contributed by atoms with Crippen molar-refractivity contribution in [2.45, 2.75) is 94.9 Å². The van der Waals surface area contributed by atoms with Gasteiger partial charge in [0.25, 0.3) is 0 Å². The number of allylic oxidation sites excluding steroid dienone is 1. The second kappa shape index (κ2) is 15.5. The number of nitrogens with one attached hydrogen (secondary N) is 1. The first kappa shape index (κ1) is 39.2. The highest BCUT2D eigenvalue weighted by Crippen LogP contribution is 2.48. The third-order valence-electron chi connectivity index (χ3n) is 12.9. The van der Waals surface area contributed by atoms with Crippen LogP contribution in [0, 0.1) is 34.9 Å². The van der Waals surface area contributed by atoms with Gasteiger partial charge in [-0.25, -0.2) is 8.78 Å². The molecule has 2 aromatic carbocycles. The van der Waals surface area contributed by atoms with Gasteiger partial charge in [0.15, 0.2) is 0 Å². The minimum atomic E-state index is -1.14. The molecule has 294 valence electrons. The molecule has 2 aliphatic heterocycles. The molecule has 0 bridgehead atoms. The van der Waals surface area contributed by atoms with Crippen molar-refractivity contribution in [3.8, 4) is 30.2 Å². The van der Waals surface area contributed by atoms with Crippen LogP contribution in [0.5, 0.6) is 11.8 Å². The molecule has 10 nitrogen and oxygen atoms in total. The number of nitrogens with zero attached hydrogens (tertiary/aromatic N) is 5. The Morgan fingerprint density at radius 1 is 1.25 bits per heavy atom. The number of alkyl halides is 1. The van der Waals surface area contributed by atoms with Crippen molar-refractivity contribution in [3.05, 3.63) is 65.1 Å². The number of halogens is 2. The molecule has 3 aromatic rings.